The Morgan fingerprint density at radius 1 is 1.17 bits per heavy atom. The van der Waals surface area contributed by atoms with Crippen LogP contribution < -0.4 is 10.5 Å². The molecule has 0 atom stereocenters. The fraction of sp³-hybridized carbons (Fsp3) is 0.143. The molecule has 0 aliphatic carbocycles. The summed E-state index contributed by atoms with van der Waals surface area (Å²) in [5.41, 5.74) is 7.17. The van der Waals surface area contributed by atoms with Crippen molar-refractivity contribution in [2.45, 2.75) is 10.6 Å². The van der Waals surface area contributed by atoms with Crippen molar-refractivity contribution < 1.29 is 9.13 Å². The third-order valence-electron chi connectivity index (χ3n) is 2.57. The molecule has 0 saturated heterocycles. The number of benzene rings is 2. The van der Waals surface area contributed by atoms with Crippen molar-refractivity contribution in [3.63, 3.8) is 0 Å². The first-order chi connectivity index (χ1) is 8.72. The molecule has 0 aliphatic heterocycles. The fourth-order valence-electron chi connectivity index (χ4n) is 1.59. The number of hydrogen-bond donors (Lipinski definition) is 1. The molecule has 0 aliphatic rings. The first kappa shape index (κ1) is 12.8. The highest BCUT2D eigenvalue weighted by Crippen LogP contribution is 2.30. The van der Waals surface area contributed by atoms with Gasteiger partial charge in [-0.3, -0.25) is 0 Å². The minimum atomic E-state index is -0.304. The lowest BCUT2D eigenvalue weighted by atomic mass is 10.2. The van der Waals surface area contributed by atoms with Crippen LogP contribution in [0.3, 0.4) is 0 Å². The molecule has 2 N–H and O–H groups in total. The van der Waals surface area contributed by atoms with Crippen LogP contribution in [0.25, 0.3) is 0 Å². The van der Waals surface area contributed by atoms with Crippen LogP contribution in [0.1, 0.15) is 5.56 Å². The molecule has 2 rings (SSSR count). The summed E-state index contributed by atoms with van der Waals surface area (Å²) >= 11 is 1.51. The second kappa shape index (κ2) is 5.78. The summed E-state index contributed by atoms with van der Waals surface area (Å²) in [6.07, 6.45) is 0. The molecule has 0 fully saturated rings. The Kier molecular flexibility index (Phi) is 4.10. The normalized spacial score (nSPS) is 10.3. The van der Waals surface area contributed by atoms with Gasteiger partial charge in [0.1, 0.15) is 0 Å². The molecule has 2 aromatic rings. The van der Waals surface area contributed by atoms with Crippen molar-refractivity contribution in [2.24, 2.45) is 0 Å². The average Bonchev–Trinajstić information content (AvgIpc) is 2.39. The van der Waals surface area contributed by atoms with E-state index >= 15 is 0 Å². The Hall–Kier alpha value is -1.68. The molecule has 0 amide bonds. The number of anilines is 1. The van der Waals surface area contributed by atoms with Crippen LogP contribution in [0.15, 0.2) is 47.4 Å². The quantitative estimate of drug-likeness (QED) is 0.674. The van der Waals surface area contributed by atoms with E-state index in [4.69, 9.17) is 10.5 Å². The van der Waals surface area contributed by atoms with Crippen molar-refractivity contribution >= 4 is 17.4 Å². The summed E-state index contributed by atoms with van der Waals surface area (Å²) in [6.45, 7) is 0. The molecule has 0 unspecified atom stereocenters. The van der Waals surface area contributed by atoms with E-state index in [9.17, 15) is 4.39 Å². The van der Waals surface area contributed by atoms with Gasteiger partial charge in [-0.15, -0.1) is 11.8 Å². The molecule has 2 aromatic carbocycles. The molecule has 0 spiro atoms. The molecular formula is C14H14FNOS. The lowest BCUT2D eigenvalue weighted by molar-refractivity contribution is 0.385. The van der Waals surface area contributed by atoms with Gasteiger partial charge < -0.3 is 10.5 Å². The molecule has 18 heavy (non-hydrogen) atoms. The number of nitrogen functional groups attached to an aromatic ring is 1. The second-order valence-corrected chi connectivity index (χ2v) is 4.78. The molecule has 0 bridgehead atoms. The molecule has 0 heterocycles. The van der Waals surface area contributed by atoms with E-state index in [0.717, 1.165) is 4.90 Å². The number of halogens is 1. The highest BCUT2D eigenvalue weighted by atomic mass is 32.2. The first-order valence-electron chi connectivity index (χ1n) is 5.51. The smallest absolute Gasteiger partial charge is 0.169 e. The molecular weight excluding hydrogens is 249 g/mol. The highest BCUT2D eigenvalue weighted by Gasteiger charge is 2.09. The van der Waals surface area contributed by atoms with Crippen molar-refractivity contribution in [3.8, 4) is 5.75 Å². The van der Waals surface area contributed by atoms with E-state index in [-0.39, 0.29) is 11.6 Å². The second-order valence-electron chi connectivity index (χ2n) is 3.76. The Morgan fingerprint density at radius 2 is 1.94 bits per heavy atom. The van der Waals surface area contributed by atoms with Gasteiger partial charge in [0.2, 0.25) is 0 Å². The summed E-state index contributed by atoms with van der Waals surface area (Å²) in [5, 5.41) is 0. The summed E-state index contributed by atoms with van der Waals surface area (Å²) < 4.78 is 18.9. The van der Waals surface area contributed by atoms with Gasteiger partial charge >= 0.3 is 0 Å². The van der Waals surface area contributed by atoms with Gasteiger partial charge in [-0.25, -0.2) is 4.39 Å². The highest BCUT2D eigenvalue weighted by molar-refractivity contribution is 7.98. The lowest BCUT2D eigenvalue weighted by Gasteiger charge is -2.08. The first-order valence-corrected chi connectivity index (χ1v) is 6.49. The maximum absolute atomic E-state index is 13.9. The van der Waals surface area contributed by atoms with E-state index in [2.05, 4.69) is 0 Å². The lowest BCUT2D eigenvalue weighted by Crippen LogP contribution is -1.94. The SMILES string of the molecule is COc1cccc(CSc2ccccc2N)c1F. The predicted molar refractivity (Wildman–Crippen MR) is 73.4 cm³/mol. The minimum Gasteiger partial charge on any atom is -0.494 e. The zero-order valence-electron chi connectivity index (χ0n) is 10.0. The van der Waals surface area contributed by atoms with Crippen molar-refractivity contribution in [1.82, 2.24) is 0 Å². The van der Waals surface area contributed by atoms with Crippen molar-refractivity contribution in [1.29, 1.82) is 0 Å². The van der Waals surface area contributed by atoms with Gasteiger partial charge in [0.05, 0.1) is 7.11 Å². The zero-order valence-corrected chi connectivity index (χ0v) is 10.8. The summed E-state index contributed by atoms with van der Waals surface area (Å²) in [7, 11) is 1.46. The number of hydrogen-bond acceptors (Lipinski definition) is 3. The third kappa shape index (κ3) is 2.76. The molecule has 4 heteroatoms. The Bertz CT molecular complexity index is 545. The summed E-state index contributed by atoms with van der Waals surface area (Å²) in [6, 6.07) is 12.7. The van der Waals surface area contributed by atoms with Crippen LogP contribution in [0.5, 0.6) is 5.75 Å². The van der Waals surface area contributed by atoms with Gasteiger partial charge in [0.25, 0.3) is 0 Å². The van der Waals surface area contributed by atoms with Gasteiger partial charge in [-0.1, -0.05) is 24.3 Å². The van der Waals surface area contributed by atoms with Crippen LogP contribution in [0.4, 0.5) is 10.1 Å². The number of para-hydroxylation sites is 1. The number of methoxy groups -OCH3 is 1. The fourth-order valence-corrected chi connectivity index (χ4v) is 2.54. The maximum atomic E-state index is 13.9. The summed E-state index contributed by atoms with van der Waals surface area (Å²) in [4.78, 5) is 0.958. The minimum absolute atomic E-state index is 0.272. The maximum Gasteiger partial charge on any atom is 0.169 e. The van der Waals surface area contributed by atoms with Crippen LogP contribution in [-0.2, 0) is 5.75 Å². The monoisotopic (exact) mass is 263 g/mol. The van der Waals surface area contributed by atoms with Crippen LogP contribution >= 0.6 is 11.8 Å². The molecule has 0 saturated carbocycles. The molecule has 94 valence electrons. The molecule has 2 nitrogen and oxygen atoms in total. The molecule has 0 radical (unpaired) electrons. The van der Waals surface area contributed by atoms with E-state index < -0.39 is 0 Å². The van der Waals surface area contributed by atoms with Gasteiger partial charge in [0, 0.05) is 21.9 Å². The zero-order chi connectivity index (χ0) is 13.0. The van der Waals surface area contributed by atoms with Gasteiger partial charge in [-0.2, -0.15) is 0 Å². The number of nitrogens with two attached hydrogens (primary N) is 1. The van der Waals surface area contributed by atoms with E-state index in [1.54, 1.807) is 18.2 Å². The van der Waals surface area contributed by atoms with E-state index in [1.807, 2.05) is 24.3 Å². The van der Waals surface area contributed by atoms with E-state index in [0.29, 0.717) is 17.0 Å². The van der Waals surface area contributed by atoms with Crippen LogP contribution in [-0.4, -0.2) is 7.11 Å². The summed E-state index contributed by atoms with van der Waals surface area (Å²) in [5.74, 6) is 0.494. The Morgan fingerprint density at radius 3 is 2.67 bits per heavy atom. The van der Waals surface area contributed by atoms with E-state index in [1.165, 1.54) is 18.9 Å². The third-order valence-corrected chi connectivity index (χ3v) is 3.70. The number of rotatable bonds is 4. The number of ether oxygens (including phenoxy) is 1. The van der Waals surface area contributed by atoms with Gasteiger partial charge in [-0.05, 0) is 18.2 Å². The van der Waals surface area contributed by atoms with Crippen LogP contribution in [0.2, 0.25) is 0 Å². The molecule has 0 aromatic heterocycles. The Labute approximate surface area is 110 Å². The van der Waals surface area contributed by atoms with Crippen LogP contribution in [0, 0.1) is 5.82 Å². The van der Waals surface area contributed by atoms with Crippen molar-refractivity contribution in [3.05, 3.63) is 53.8 Å². The number of thioether (sulfide) groups is 1. The van der Waals surface area contributed by atoms with Gasteiger partial charge in [0.15, 0.2) is 11.6 Å². The van der Waals surface area contributed by atoms with Crippen molar-refractivity contribution in [2.75, 3.05) is 12.8 Å². The largest absolute Gasteiger partial charge is 0.494 e. The predicted octanol–water partition coefficient (Wildman–Crippen LogP) is 3.71. The standard InChI is InChI=1S/C14H14FNOS/c1-17-12-7-4-5-10(14(12)15)9-18-13-8-3-2-6-11(13)16/h2-8H,9,16H2,1H3. The average molecular weight is 263 g/mol. The Balaban J connectivity index is 2.14. The topological polar surface area (TPSA) is 35.2 Å².